The third kappa shape index (κ3) is 4.98. The van der Waals surface area contributed by atoms with E-state index in [2.05, 4.69) is 30.3 Å². The van der Waals surface area contributed by atoms with Crippen LogP contribution in [0.4, 0.5) is 24.7 Å². The van der Waals surface area contributed by atoms with Crippen molar-refractivity contribution in [3.05, 3.63) is 71.8 Å². The molecule has 196 valence electrons. The fourth-order valence-corrected chi connectivity index (χ4v) is 4.48. The lowest BCUT2D eigenvalue weighted by atomic mass is 9.97. The first kappa shape index (κ1) is 24.1. The second-order valence-corrected chi connectivity index (χ2v) is 9.45. The predicted octanol–water partition coefficient (Wildman–Crippen LogP) is 5.65. The molecule has 1 aliphatic carbocycles. The summed E-state index contributed by atoms with van der Waals surface area (Å²) in [6, 6.07) is 11.4. The van der Waals surface area contributed by atoms with Gasteiger partial charge >= 0.3 is 6.18 Å². The molecule has 0 unspecified atom stereocenters. The SMILES string of the molecule is O=C(Nc1ccc(N2CCC(c3nc(C4CC4)no3)CC2)nc1)c1nc(-c2ccccc2)oc1C(F)(F)F. The second kappa shape index (κ2) is 9.58. The van der Waals surface area contributed by atoms with Crippen molar-refractivity contribution >= 4 is 17.4 Å². The van der Waals surface area contributed by atoms with E-state index in [-0.39, 0.29) is 17.5 Å². The monoisotopic (exact) mass is 524 g/mol. The number of carbonyl (C=O) groups is 1. The maximum Gasteiger partial charge on any atom is 0.452 e. The molecule has 9 nitrogen and oxygen atoms in total. The van der Waals surface area contributed by atoms with Crippen molar-refractivity contribution in [2.24, 2.45) is 0 Å². The molecule has 1 amide bonds. The Balaban J connectivity index is 1.11. The number of nitrogens with one attached hydrogen (secondary N) is 1. The minimum atomic E-state index is -4.89. The molecule has 4 aromatic rings. The Morgan fingerprint density at radius 3 is 2.39 bits per heavy atom. The van der Waals surface area contributed by atoms with E-state index in [0.717, 1.165) is 44.6 Å². The molecular weight excluding hydrogens is 501 g/mol. The van der Waals surface area contributed by atoms with E-state index in [1.54, 1.807) is 42.5 Å². The quantitative estimate of drug-likeness (QED) is 0.345. The summed E-state index contributed by atoms with van der Waals surface area (Å²) in [4.78, 5) is 27.6. The van der Waals surface area contributed by atoms with Gasteiger partial charge in [0.2, 0.25) is 17.5 Å². The van der Waals surface area contributed by atoms with Crippen molar-refractivity contribution in [3.63, 3.8) is 0 Å². The fourth-order valence-electron chi connectivity index (χ4n) is 4.48. The van der Waals surface area contributed by atoms with Crippen molar-refractivity contribution in [1.82, 2.24) is 20.1 Å². The van der Waals surface area contributed by atoms with Crippen molar-refractivity contribution in [1.29, 1.82) is 0 Å². The Labute approximate surface area is 215 Å². The molecule has 4 heterocycles. The molecule has 0 bridgehead atoms. The summed E-state index contributed by atoms with van der Waals surface area (Å²) in [5.74, 6) is 0.0845. The molecule has 0 spiro atoms. The van der Waals surface area contributed by atoms with Gasteiger partial charge in [-0.15, -0.1) is 0 Å². The van der Waals surface area contributed by atoms with Crippen LogP contribution in [0.2, 0.25) is 0 Å². The van der Waals surface area contributed by atoms with Gasteiger partial charge in [-0.25, -0.2) is 9.97 Å². The number of piperidine rings is 1. The molecule has 1 N–H and O–H groups in total. The van der Waals surface area contributed by atoms with Gasteiger partial charge in [0.15, 0.2) is 11.5 Å². The fraction of sp³-hybridized carbons (Fsp3) is 0.346. The molecule has 1 saturated carbocycles. The normalized spacial score (nSPS) is 16.6. The van der Waals surface area contributed by atoms with E-state index in [1.165, 1.54) is 6.20 Å². The number of benzene rings is 1. The molecule has 2 fully saturated rings. The number of anilines is 2. The van der Waals surface area contributed by atoms with Gasteiger partial charge in [0.05, 0.1) is 11.9 Å². The van der Waals surface area contributed by atoms with E-state index in [4.69, 9.17) is 8.94 Å². The van der Waals surface area contributed by atoms with Crippen LogP contribution in [0.15, 0.2) is 57.6 Å². The Hall–Kier alpha value is -4.22. The minimum Gasteiger partial charge on any atom is -0.431 e. The molecule has 1 aliphatic heterocycles. The summed E-state index contributed by atoms with van der Waals surface area (Å²) in [6.07, 6.45) is 0.435. The number of aromatic nitrogens is 4. The summed E-state index contributed by atoms with van der Waals surface area (Å²) in [6.45, 7) is 1.47. The first-order valence-electron chi connectivity index (χ1n) is 12.3. The summed E-state index contributed by atoms with van der Waals surface area (Å²) in [5.41, 5.74) is -0.271. The van der Waals surface area contributed by atoms with Crippen molar-refractivity contribution in [2.45, 2.75) is 43.7 Å². The van der Waals surface area contributed by atoms with E-state index >= 15 is 0 Å². The Kier molecular flexibility index (Phi) is 6.09. The zero-order valence-corrected chi connectivity index (χ0v) is 20.1. The van der Waals surface area contributed by atoms with Gasteiger partial charge < -0.3 is 19.2 Å². The highest BCUT2D eigenvalue weighted by Crippen LogP contribution is 2.39. The van der Waals surface area contributed by atoms with Crippen LogP contribution in [0.5, 0.6) is 0 Å². The number of hydrogen-bond acceptors (Lipinski definition) is 8. The number of halogens is 3. The second-order valence-electron chi connectivity index (χ2n) is 9.45. The number of alkyl halides is 3. The first-order valence-corrected chi connectivity index (χ1v) is 12.3. The number of pyridine rings is 1. The summed E-state index contributed by atoms with van der Waals surface area (Å²) in [5, 5.41) is 6.54. The predicted molar refractivity (Wildman–Crippen MR) is 130 cm³/mol. The molecule has 0 atom stereocenters. The molecule has 2 aliphatic rings. The van der Waals surface area contributed by atoms with Crippen LogP contribution in [-0.4, -0.2) is 39.1 Å². The maximum atomic E-state index is 13.6. The number of hydrogen-bond donors (Lipinski definition) is 1. The van der Waals surface area contributed by atoms with Gasteiger partial charge in [-0.1, -0.05) is 23.4 Å². The van der Waals surface area contributed by atoms with E-state index in [1.807, 2.05) is 0 Å². The Bertz CT molecular complexity index is 1420. The highest BCUT2D eigenvalue weighted by atomic mass is 19.4. The number of nitrogens with zero attached hydrogens (tertiary/aromatic N) is 5. The molecular formula is C26H23F3N6O3. The lowest BCUT2D eigenvalue weighted by Gasteiger charge is -2.31. The van der Waals surface area contributed by atoms with Crippen molar-refractivity contribution < 1.29 is 26.9 Å². The zero-order valence-electron chi connectivity index (χ0n) is 20.1. The Morgan fingerprint density at radius 2 is 1.74 bits per heavy atom. The molecule has 3 aromatic heterocycles. The minimum absolute atomic E-state index is 0.205. The van der Waals surface area contributed by atoms with Gasteiger partial charge in [-0.3, -0.25) is 4.79 Å². The highest BCUT2D eigenvalue weighted by molar-refractivity contribution is 6.04. The first-order chi connectivity index (χ1) is 18.3. The zero-order chi connectivity index (χ0) is 26.3. The van der Waals surface area contributed by atoms with Gasteiger partial charge in [-0.2, -0.15) is 18.2 Å². The number of rotatable bonds is 6. The largest absolute Gasteiger partial charge is 0.452 e. The van der Waals surface area contributed by atoms with E-state index in [0.29, 0.717) is 23.2 Å². The molecule has 1 saturated heterocycles. The van der Waals surface area contributed by atoms with Gasteiger partial charge in [-0.05, 0) is 49.9 Å². The highest BCUT2D eigenvalue weighted by Gasteiger charge is 2.42. The van der Waals surface area contributed by atoms with E-state index in [9.17, 15) is 18.0 Å². The maximum absolute atomic E-state index is 13.6. The van der Waals surface area contributed by atoms with Crippen LogP contribution in [0.3, 0.4) is 0 Å². The summed E-state index contributed by atoms with van der Waals surface area (Å²) < 4.78 is 51.1. The van der Waals surface area contributed by atoms with Crippen LogP contribution in [-0.2, 0) is 6.18 Å². The van der Waals surface area contributed by atoms with Crippen LogP contribution < -0.4 is 10.2 Å². The van der Waals surface area contributed by atoms with Gasteiger partial charge in [0.1, 0.15) is 5.82 Å². The number of oxazole rings is 1. The van der Waals surface area contributed by atoms with Crippen LogP contribution >= 0.6 is 0 Å². The summed E-state index contributed by atoms with van der Waals surface area (Å²) >= 11 is 0. The average Bonchev–Trinajstić information content (AvgIpc) is 3.46. The van der Waals surface area contributed by atoms with Crippen LogP contribution in [0.1, 0.15) is 65.5 Å². The third-order valence-electron chi connectivity index (χ3n) is 6.69. The molecule has 12 heteroatoms. The van der Waals surface area contributed by atoms with Gasteiger partial charge in [0.25, 0.3) is 5.91 Å². The molecule has 1 aromatic carbocycles. The number of carbonyl (C=O) groups excluding carboxylic acids is 1. The van der Waals surface area contributed by atoms with Crippen LogP contribution in [0, 0.1) is 0 Å². The Morgan fingerprint density at radius 1 is 0.974 bits per heavy atom. The average molecular weight is 525 g/mol. The lowest BCUT2D eigenvalue weighted by molar-refractivity contribution is -0.153. The molecule has 6 rings (SSSR count). The van der Waals surface area contributed by atoms with Crippen molar-refractivity contribution in [2.75, 3.05) is 23.3 Å². The number of amides is 1. The smallest absolute Gasteiger partial charge is 0.431 e. The van der Waals surface area contributed by atoms with Gasteiger partial charge in [0, 0.05) is 30.5 Å². The van der Waals surface area contributed by atoms with E-state index < -0.39 is 23.5 Å². The topological polar surface area (TPSA) is 110 Å². The van der Waals surface area contributed by atoms with Crippen LogP contribution in [0.25, 0.3) is 11.5 Å². The third-order valence-corrected chi connectivity index (χ3v) is 6.69. The lowest BCUT2D eigenvalue weighted by Crippen LogP contribution is -2.33. The molecule has 0 radical (unpaired) electrons. The standard InChI is InChI=1S/C26H23F3N6O3/c27-26(28,29)21-20(32-24(37-21)16-4-2-1-3-5-16)23(36)31-18-8-9-19(30-14-18)35-12-10-17(11-13-35)25-33-22(34-38-25)15-6-7-15/h1-5,8-9,14-15,17H,6-7,10-13H2,(H,31,36). The summed E-state index contributed by atoms with van der Waals surface area (Å²) in [7, 11) is 0. The van der Waals surface area contributed by atoms with Crippen molar-refractivity contribution in [3.8, 4) is 11.5 Å². The molecule has 38 heavy (non-hydrogen) atoms.